The van der Waals surface area contributed by atoms with E-state index in [9.17, 15) is 9.59 Å². The maximum atomic E-state index is 12.4. The number of fused-ring (bicyclic) bond motifs is 1. The molecule has 1 N–H and O–H groups in total. The van der Waals surface area contributed by atoms with E-state index in [-0.39, 0.29) is 11.7 Å². The molecule has 27 heavy (non-hydrogen) atoms. The van der Waals surface area contributed by atoms with Crippen LogP contribution in [0, 0.1) is 0 Å². The van der Waals surface area contributed by atoms with Crippen LogP contribution in [0.3, 0.4) is 0 Å². The summed E-state index contributed by atoms with van der Waals surface area (Å²) in [5, 5.41) is 7.59. The number of benzene rings is 3. The minimum Gasteiger partial charge on any atom is -0.298 e. The van der Waals surface area contributed by atoms with Crippen LogP contribution in [0.2, 0.25) is 0 Å². The largest absolute Gasteiger partial charge is 0.298 e. The molecule has 0 bridgehead atoms. The van der Waals surface area contributed by atoms with Crippen molar-refractivity contribution in [3.63, 3.8) is 0 Å². The molecule has 0 fully saturated rings. The van der Waals surface area contributed by atoms with Crippen LogP contribution in [0.5, 0.6) is 0 Å². The summed E-state index contributed by atoms with van der Waals surface area (Å²) >= 11 is 1.39. The quantitative estimate of drug-likeness (QED) is 0.487. The monoisotopic (exact) mass is 372 g/mol. The summed E-state index contributed by atoms with van der Waals surface area (Å²) in [5.74, 6) is -0.273. The Bertz CT molecular complexity index is 1140. The van der Waals surface area contributed by atoms with Crippen molar-refractivity contribution < 1.29 is 9.59 Å². The second-order valence-corrected chi connectivity index (χ2v) is 7.01. The van der Waals surface area contributed by atoms with Crippen molar-refractivity contribution in [1.29, 1.82) is 0 Å². The van der Waals surface area contributed by atoms with Gasteiger partial charge < -0.3 is 0 Å². The molecule has 0 unspecified atom stereocenters. The Labute approximate surface area is 160 Å². The molecule has 0 radical (unpaired) electrons. The lowest BCUT2D eigenvalue weighted by atomic mass is 10.0. The van der Waals surface area contributed by atoms with E-state index >= 15 is 0 Å². The minimum absolute atomic E-state index is 0.0263. The van der Waals surface area contributed by atoms with Gasteiger partial charge in [0.15, 0.2) is 10.9 Å². The van der Waals surface area contributed by atoms with Gasteiger partial charge >= 0.3 is 0 Å². The van der Waals surface area contributed by atoms with Crippen LogP contribution in [0.25, 0.3) is 22.0 Å². The van der Waals surface area contributed by atoms with Crippen molar-refractivity contribution in [2.24, 2.45) is 0 Å². The number of carbonyl (C=O) groups is 2. The molecule has 1 amide bonds. The van der Waals surface area contributed by atoms with Crippen molar-refractivity contribution in [3.05, 3.63) is 83.2 Å². The Kier molecular flexibility index (Phi) is 4.52. The van der Waals surface area contributed by atoms with E-state index < -0.39 is 0 Å². The maximum absolute atomic E-state index is 12.4. The predicted molar refractivity (Wildman–Crippen MR) is 109 cm³/mol. The minimum atomic E-state index is -0.246. The Morgan fingerprint density at radius 1 is 0.889 bits per heavy atom. The maximum Gasteiger partial charge on any atom is 0.257 e. The van der Waals surface area contributed by atoms with Crippen molar-refractivity contribution in [3.8, 4) is 11.3 Å². The standard InChI is InChI=1S/C22H16N2O2S/c1-14(25)15-9-11-17(12-10-15)21(26)24-22-23-20(13-27-22)19-8-4-6-16-5-2-3-7-18(16)19/h2-13H,1H3,(H,23,24,26). The SMILES string of the molecule is CC(=O)c1ccc(C(=O)Nc2nc(-c3cccc4ccccc34)cs2)cc1. The van der Waals surface area contributed by atoms with Crippen LogP contribution in [0.4, 0.5) is 5.13 Å². The molecule has 1 heterocycles. The third-order valence-corrected chi connectivity index (χ3v) is 5.10. The Morgan fingerprint density at radius 3 is 2.37 bits per heavy atom. The van der Waals surface area contributed by atoms with Gasteiger partial charge in [-0.1, -0.05) is 54.6 Å². The molecule has 132 valence electrons. The molecular weight excluding hydrogens is 356 g/mol. The van der Waals surface area contributed by atoms with Crippen molar-refractivity contribution >= 4 is 38.9 Å². The predicted octanol–water partition coefficient (Wildman–Crippen LogP) is 5.42. The lowest BCUT2D eigenvalue weighted by Gasteiger charge is -2.04. The van der Waals surface area contributed by atoms with Crippen LogP contribution in [-0.4, -0.2) is 16.7 Å². The van der Waals surface area contributed by atoms with Gasteiger partial charge in [0.25, 0.3) is 5.91 Å². The molecule has 0 aliphatic carbocycles. The van der Waals surface area contributed by atoms with E-state index in [4.69, 9.17) is 0 Å². The number of rotatable bonds is 4. The molecule has 0 aliphatic rings. The smallest absolute Gasteiger partial charge is 0.257 e. The second kappa shape index (κ2) is 7.13. The van der Waals surface area contributed by atoms with Gasteiger partial charge in [-0.2, -0.15) is 0 Å². The number of Topliss-reactive ketones (excluding diaryl/α,β-unsaturated/α-hetero) is 1. The molecule has 4 aromatic rings. The van der Waals surface area contributed by atoms with E-state index in [1.54, 1.807) is 24.3 Å². The molecule has 0 saturated carbocycles. The number of amides is 1. The van der Waals surface area contributed by atoms with Gasteiger partial charge in [-0.15, -0.1) is 11.3 Å². The zero-order valence-corrected chi connectivity index (χ0v) is 15.4. The summed E-state index contributed by atoms with van der Waals surface area (Å²) < 4.78 is 0. The number of carbonyl (C=O) groups excluding carboxylic acids is 2. The average molecular weight is 372 g/mol. The van der Waals surface area contributed by atoms with Gasteiger partial charge in [0.2, 0.25) is 0 Å². The van der Waals surface area contributed by atoms with Crippen molar-refractivity contribution in [2.45, 2.75) is 6.92 Å². The van der Waals surface area contributed by atoms with Crippen LogP contribution in [-0.2, 0) is 0 Å². The van der Waals surface area contributed by atoms with Crippen LogP contribution in [0.15, 0.2) is 72.1 Å². The number of hydrogen-bond acceptors (Lipinski definition) is 4. The van der Waals surface area contributed by atoms with Crippen LogP contribution in [0.1, 0.15) is 27.6 Å². The molecule has 0 aliphatic heterocycles. The van der Waals surface area contributed by atoms with Gasteiger partial charge in [-0.25, -0.2) is 4.98 Å². The summed E-state index contributed by atoms with van der Waals surface area (Å²) in [7, 11) is 0. The highest BCUT2D eigenvalue weighted by Gasteiger charge is 2.12. The first-order valence-electron chi connectivity index (χ1n) is 8.48. The summed E-state index contributed by atoms with van der Waals surface area (Å²) in [6, 6.07) is 20.9. The molecule has 1 aromatic heterocycles. The third kappa shape index (κ3) is 3.50. The lowest BCUT2D eigenvalue weighted by Crippen LogP contribution is -2.11. The second-order valence-electron chi connectivity index (χ2n) is 6.15. The van der Waals surface area contributed by atoms with Gasteiger partial charge in [-0.3, -0.25) is 14.9 Å². The number of nitrogens with zero attached hydrogens (tertiary/aromatic N) is 1. The first kappa shape index (κ1) is 17.1. The van der Waals surface area contributed by atoms with Gasteiger partial charge in [0, 0.05) is 22.1 Å². The average Bonchev–Trinajstić information content (AvgIpc) is 3.15. The Balaban J connectivity index is 1.57. The van der Waals surface area contributed by atoms with E-state index in [1.165, 1.54) is 18.3 Å². The molecule has 5 heteroatoms. The third-order valence-electron chi connectivity index (χ3n) is 4.34. The van der Waals surface area contributed by atoms with Gasteiger partial charge in [0.05, 0.1) is 5.69 Å². The molecular formula is C22H16N2O2S. The molecule has 4 nitrogen and oxygen atoms in total. The van der Waals surface area contributed by atoms with Gasteiger partial charge in [-0.05, 0) is 29.8 Å². The van der Waals surface area contributed by atoms with E-state index in [0.29, 0.717) is 16.3 Å². The van der Waals surface area contributed by atoms with E-state index in [2.05, 4.69) is 28.5 Å². The molecule has 0 saturated heterocycles. The summed E-state index contributed by atoms with van der Waals surface area (Å²) in [6.07, 6.45) is 0. The number of anilines is 1. The number of thiazole rings is 1. The highest BCUT2D eigenvalue weighted by atomic mass is 32.1. The number of ketones is 1. The topological polar surface area (TPSA) is 59.1 Å². The summed E-state index contributed by atoms with van der Waals surface area (Å²) in [4.78, 5) is 28.3. The zero-order valence-electron chi connectivity index (χ0n) is 14.6. The normalized spacial score (nSPS) is 10.7. The zero-order chi connectivity index (χ0) is 18.8. The fourth-order valence-electron chi connectivity index (χ4n) is 2.93. The Morgan fingerprint density at radius 2 is 1.59 bits per heavy atom. The molecule has 3 aromatic carbocycles. The number of hydrogen-bond donors (Lipinski definition) is 1. The first-order chi connectivity index (χ1) is 13.1. The first-order valence-corrected chi connectivity index (χ1v) is 9.36. The summed E-state index contributed by atoms with van der Waals surface area (Å²) in [5.41, 5.74) is 2.94. The fraction of sp³-hybridized carbons (Fsp3) is 0.0455. The van der Waals surface area contributed by atoms with Crippen LogP contribution >= 0.6 is 11.3 Å². The highest BCUT2D eigenvalue weighted by Crippen LogP contribution is 2.31. The van der Waals surface area contributed by atoms with E-state index in [0.717, 1.165) is 22.0 Å². The van der Waals surface area contributed by atoms with Gasteiger partial charge in [0.1, 0.15) is 0 Å². The van der Waals surface area contributed by atoms with Crippen molar-refractivity contribution in [2.75, 3.05) is 5.32 Å². The number of aromatic nitrogens is 1. The molecule has 4 rings (SSSR count). The fourth-order valence-corrected chi connectivity index (χ4v) is 3.63. The molecule has 0 atom stereocenters. The lowest BCUT2D eigenvalue weighted by molar-refractivity contribution is 0.100. The van der Waals surface area contributed by atoms with Crippen LogP contribution < -0.4 is 5.32 Å². The summed E-state index contributed by atoms with van der Waals surface area (Å²) in [6.45, 7) is 1.50. The Hall–Kier alpha value is -3.31. The van der Waals surface area contributed by atoms with Crippen molar-refractivity contribution in [1.82, 2.24) is 4.98 Å². The number of nitrogens with one attached hydrogen (secondary N) is 1. The highest BCUT2D eigenvalue weighted by molar-refractivity contribution is 7.14. The molecule has 0 spiro atoms. The van der Waals surface area contributed by atoms with E-state index in [1.807, 2.05) is 29.6 Å².